The molecule has 1 aliphatic rings. The maximum Gasteiger partial charge on any atom is 0.0462 e. The largest absolute Gasteiger partial charge is 0.358 e. The Morgan fingerprint density at radius 2 is 2.07 bits per heavy atom. The van der Waals surface area contributed by atoms with Crippen LogP contribution < -0.4 is 0 Å². The highest BCUT2D eigenvalue weighted by Gasteiger charge is 2.09. The number of fused-ring (bicyclic) bond motifs is 3. The van der Waals surface area contributed by atoms with Crippen molar-refractivity contribution < 1.29 is 0 Å². The van der Waals surface area contributed by atoms with Crippen LogP contribution in [0.4, 0.5) is 0 Å². The Balaban J connectivity index is 2.36. The molecule has 1 N–H and O–H groups in total. The van der Waals surface area contributed by atoms with Gasteiger partial charge in [-0.25, -0.2) is 0 Å². The molecular formula is C13H10BrN. The number of para-hydroxylation sites is 1. The minimum Gasteiger partial charge on any atom is -0.358 e. The van der Waals surface area contributed by atoms with Crippen molar-refractivity contribution in [3.63, 3.8) is 0 Å². The molecule has 0 radical (unpaired) electrons. The van der Waals surface area contributed by atoms with Crippen LogP contribution in [0.25, 0.3) is 17.0 Å². The van der Waals surface area contributed by atoms with E-state index in [0.29, 0.717) is 0 Å². The molecule has 15 heavy (non-hydrogen) atoms. The van der Waals surface area contributed by atoms with Gasteiger partial charge >= 0.3 is 0 Å². The molecule has 0 saturated heterocycles. The molecule has 2 aromatic rings. The van der Waals surface area contributed by atoms with E-state index in [9.17, 15) is 0 Å². The van der Waals surface area contributed by atoms with Crippen molar-refractivity contribution in [3.8, 4) is 0 Å². The number of hydrogen-bond acceptors (Lipinski definition) is 0. The second-order valence-electron chi connectivity index (χ2n) is 3.70. The van der Waals surface area contributed by atoms with Crippen molar-refractivity contribution in [2.75, 3.05) is 0 Å². The van der Waals surface area contributed by atoms with Crippen LogP contribution in [0.1, 0.15) is 11.3 Å². The summed E-state index contributed by atoms with van der Waals surface area (Å²) in [6.07, 6.45) is 7.41. The Morgan fingerprint density at radius 1 is 1.20 bits per heavy atom. The summed E-state index contributed by atoms with van der Waals surface area (Å²) in [7, 11) is 0. The third kappa shape index (κ3) is 1.45. The minimum atomic E-state index is 0.968. The monoisotopic (exact) mass is 259 g/mol. The van der Waals surface area contributed by atoms with Crippen molar-refractivity contribution in [1.29, 1.82) is 0 Å². The first-order valence-electron chi connectivity index (χ1n) is 4.98. The Kier molecular flexibility index (Phi) is 2.03. The van der Waals surface area contributed by atoms with Gasteiger partial charge in [-0.3, -0.25) is 0 Å². The maximum atomic E-state index is 3.54. The molecule has 0 bridgehead atoms. The third-order valence-corrected chi connectivity index (χ3v) is 3.20. The van der Waals surface area contributed by atoms with Gasteiger partial charge < -0.3 is 4.98 Å². The van der Waals surface area contributed by atoms with Crippen LogP contribution in [0.2, 0.25) is 0 Å². The zero-order valence-electron chi connectivity index (χ0n) is 8.13. The fourth-order valence-corrected chi connectivity index (χ4v) is 2.44. The van der Waals surface area contributed by atoms with E-state index in [1.54, 1.807) is 0 Å². The fourth-order valence-electron chi connectivity index (χ4n) is 2.02. The van der Waals surface area contributed by atoms with E-state index in [2.05, 4.69) is 63.4 Å². The Labute approximate surface area is 96.6 Å². The van der Waals surface area contributed by atoms with Crippen LogP contribution in [-0.4, -0.2) is 4.98 Å². The lowest BCUT2D eigenvalue weighted by Gasteiger charge is -1.93. The van der Waals surface area contributed by atoms with E-state index in [-0.39, 0.29) is 0 Å². The molecule has 0 amide bonds. The van der Waals surface area contributed by atoms with Crippen molar-refractivity contribution in [3.05, 3.63) is 52.2 Å². The van der Waals surface area contributed by atoms with Crippen molar-refractivity contribution in [2.45, 2.75) is 6.42 Å². The summed E-state index contributed by atoms with van der Waals surface area (Å²) in [6.45, 7) is 0. The highest BCUT2D eigenvalue weighted by Crippen LogP contribution is 2.28. The van der Waals surface area contributed by atoms with Gasteiger partial charge in [0.1, 0.15) is 0 Å². The summed E-state index contributed by atoms with van der Waals surface area (Å²) in [5.41, 5.74) is 3.82. The van der Waals surface area contributed by atoms with Crippen LogP contribution in [0.3, 0.4) is 0 Å². The first-order valence-corrected chi connectivity index (χ1v) is 5.77. The van der Waals surface area contributed by atoms with Gasteiger partial charge in [0, 0.05) is 33.1 Å². The highest BCUT2D eigenvalue weighted by atomic mass is 79.9. The molecule has 74 valence electrons. The second-order valence-corrected chi connectivity index (χ2v) is 4.61. The summed E-state index contributed by atoms with van der Waals surface area (Å²) in [5, 5.41) is 1.30. The number of aromatic nitrogens is 1. The molecule has 1 aromatic carbocycles. The Hall–Kier alpha value is -1.28. The number of nitrogens with one attached hydrogen (secondary N) is 1. The molecule has 0 aliphatic heterocycles. The quantitative estimate of drug-likeness (QED) is 0.736. The van der Waals surface area contributed by atoms with E-state index in [1.807, 2.05) is 0 Å². The number of rotatable bonds is 0. The molecule has 1 heterocycles. The summed E-state index contributed by atoms with van der Waals surface area (Å²) >= 11 is 3.54. The molecule has 3 rings (SSSR count). The average Bonchev–Trinajstić information content (AvgIpc) is 2.47. The second kappa shape index (κ2) is 3.38. The normalized spacial score (nSPS) is 14.9. The van der Waals surface area contributed by atoms with Gasteiger partial charge in [-0.2, -0.15) is 0 Å². The first-order chi connectivity index (χ1) is 7.34. The maximum absolute atomic E-state index is 3.54. The predicted molar refractivity (Wildman–Crippen MR) is 68.0 cm³/mol. The third-order valence-electron chi connectivity index (χ3n) is 2.71. The molecular weight excluding hydrogens is 250 g/mol. The zero-order valence-corrected chi connectivity index (χ0v) is 9.71. The van der Waals surface area contributed by atoms with Crippen molar-refractivity contribution >= 4 is 32.9 Å². The lowest BCUT2D eigenvalue weighted by Crippen LogP contribution is -1.81. The van der Waals surface area contributed by atoms with Gasteiger partial charge in [0.15, 0.2) is 0 Å². The van der Waals surface area contributed by atoms with Crippen LogP contribution >= 0.6 is 15.9 Å². The molecule has 0 saturated carbocycles. The van der Waals surface area contributed by atoms with Gasteiger partial charge in [-0.05, 0) is 12.1 Å². The molecule has 1 aromatic heterocycles. The number of hydrogen-bond donors (Lipinski definition) is 1. The fraction of sp³-hybridized carbons (Fsp3) is 0.0769. The molecule has 2 heteroatoms. The van der Waals surface area contributed by atoms with E-state index in [1.165, 1.54) is 22.2 Å². The molecule has 1 nitrogen and oxygen atoms in total. The summed E-state index contributed by atoms with van der Waals surface area (Å²) < 4.78 is 1.13. The zero-order chi connectivity index (χ0) is 10.3. The number of halogens is 1. The Bertz CT molecular complexity index is 575. The molecule has 1 aliphatic carbocycles. The van der Waals surface area contributed by atoms with Gasteiger partial charge in [0.05, 0.1) is 0 Å². The lowest BCUT2D eigenvalue weighted by molar-refractivity contribution is 1.17. The topological polar surface area (TPSA) is 15.8 Å². The van der Waals surface area contributed by atoms with Gasteiger partial charge in [-0.15, -0.1) is 0 Å². The van der Waals surface area contributed by atoms with Crippen LogP contribution in [-0.2, 0) is 6.42 Å². The highest BCUT2D eigenvalue weighted by molar-refractivity contribution is 9.12. The number of benzene rings is 1. The van der Waals surface area contributed by atoms with Crippen molar-refractivity contribution in [2.24, 2.45) is 0 Å². The predicted octanol–water partition coefficient (Wildman–Crippen LogP) is 4.02. The van der Waals surface area contributed by atoms with Gasteiger partial charge in [0.2, 0.25) is 0 Å². The smallest absolute Gasteiger partial charge is 0.0462 e. The molecule has 0 fully saturated rings. The summed E-state index contributed by atoms with van der Waals surface area (Å²) in [4.78, 5) is 3.46. The van der Waals surface area contributed by atoms with Gasteiger partial charge in [0.25, 0.3) is 0 Å². The van der Waals surface area contributed by atoms with Crippen LogP contribution in [0.5, 0.6) is 0 Å². The summed E-state index contributed by atoms with van der Waals surface area (Å²) in [5.74, 6) is 0. The number of H-pyrrole nitrogens is 1. The molecule has 0 atom stereocenters. The first kappa shape index (κ1) is 8.98. The minimum absolute atomic E-state index is 0.968. The van der Waals surface area contributed by atoms with E-state index in [0.717, 1.165) is 10.9 Å². The Morgan fingerprint density at radius 3 is 3.00 bits per heavy atom. The van der Waals surface area contributed by atoms with E-state index in [4.69, 9.17) is 0 Å². The van der Waals surface area contributed by atoms with Crippen LogP contribution in [0, 0.1) is 0 Å². The van der Waals surface area contributed by atoms with Crippen molar-refractivity contribution in [1.82, 2.24) is 4.98 Å². The average molecular weight is 260 g/mol. The van der Waals surface area contributed by atoms with E-state index >= 15 is 0 Å². The SMILES string of the molecule is BrC1=Cc2c([nH]c3ccccc23)CC=C1. The standard InChI is InChI=1S/C13H10BrN/c14-9-4-3-7-13-11(8-9)10-5-1-2-6-12(10)15-13/h1-6,8,15H,7H2. The molecule has 0 spiro atoms. The molecule has 0 unspecified atom stereocenters. The number of aromatic amines is 1. The van der Waals surface area contributed by atoms with E-state index < -0.39 is 0 Å². The number of allylic oxidation sites excluding steroid dienone is 3. The summed E-state index contributed by atoms with van der Waals surface area (Å²) in [6, 6.07) is 8.42. The van der Waals surface area contributed by atoms with Gasteiger partial charge in [-0.1, -0.05) is 46.3 Å². The van der Waals surface area contributed by atoms with Crippen LogP contribution in [0.15, 0.2) is 40.9 Å². The lowest BCUT2D eigenvalue weighted by atomic mass is 10.1.